The van der Waals surface area contributed by atoms with Crippen LogP contribution in [0.25, 0.3) is 44.5 Å². The number of hydrogen-bond donors (Lipinski definition) is 5. The molecule has 8 aromatic carbocycles. The number of methoxy groups -OCH3 is 4. The number of phenols is 1. The van der Waals surface area contributed by atoms with Gasteiger partial charge in [0.2, 0.25) is 0 Å². The van der Waals surface area contributed by atoms with Gasteiger partial charge in [-0.15, -0.1) is 0 Å². The molecule has 24 nitrogen and oxygen atoms in total. The van der Waals surface area contributed by atoms with E-state index >= 15 is 0 Å². The van der Waals surface area contributed by atoms with Crippen molar-refractivity contribution in [2.24, 2.45) is 0 Å². The summed E-state index contributed by atoms with van der Waals surface area (Å²) >= 11 is 0. The Kier molecular flexibility index (Phi) is 35.0. The predicted molar refractivity (Wildman–Crippen MR) is 499 cm³/mol. The van der Waals surface area contributed by atoms with Crippen molar-refractivity contribution in [3.63, 3.8) is 0 Å². The number of aryl methyl sites for hydroxylation is 4. The van der Waals surface area contributed by atoms with E-state index in [0.29, 0.717) is 90.7 Å². The molecule has 1 aliphatic rings. The van der Waals surface area contributed by atoms with Crippen LogP contribution in [0.5, 0.6) is 23.0 Å². The number of carbonyl (C=O) groups excluding carboxylic acids is 4. The van der Waals surface area contributed by atoms with E-state index in [2.05, 4.69) is 29.2 Å². The van der Waals surface area contributed by atoms with E-state index in [4.69, 9.17) is 63.6 Å². The lowest BCUT2D eigenvalue weighted by molar-refractivity contribution is -0.164. The monoisotopic (exact) mass is 1760 g/mol. The maximum Gasteiger partial charge on any atom is 0.339 e. The minimum Gasteiger partial charge on any atom is -0.505 e. The lowest BCUT2D eigenvalue weighted by atomic mass is 9.86. The van der Waals surface area contributed by atoms with Crippen LogP contribution in [-0.4, -0.2) is 116 Å². The minimum atomic E-state index is -3.89. The fourth-order valence-electron chi connectivity index (χ4n) is 14.2. The second-order valence-corrected chi connectivity index (χ2v) is 37.6. The number of ether oxygens (including phenoxy) is 11. The zero-order valence-electron chi connectivity index (χ0n) is 77.9. The van der Waals surface area contributed by atoms with Gasteiger partial charge in [0.25, 0.3) is 20.0 Å². The van der Waals surface area contributed by atoms with Gasteiger partial charge in [0.05, 0.1) is 79.0 Å². The number of phenolic OH excluding ortho intramolecular Hbond substituents is 1. The Morgan fingerprint density at radius 2 is 0.752 bits per heavy atom. The molecule has 1 heterocycles. The van der Waals surface area contributed by atoms with Crippen molar-refractivity contribution in [2.75, 3.05) is 69.2 Å². The zero-order valence-corrected chi connectivity index (χ0v) is 79.5. The first-order valence-corrected chi connectivity index (χ1v) is 43.8. The molecule has 1 aliphatic heterocycles. The Bertz CT molecular complexity index is 5530. The number of nitrogens with two attached hydrogens (primary N) is 2. The smallest absolute Gasteiger partial charge is 0.339 e. The van der Waals surface area contributed by atoms with Gasteiger partial charge in [0.1, 0.15) is 42.8 Å². The summed E-state index contributed by atoms with van der Waals surface area (Å²) in [7, 11) is -2.36. The summed E-state index contributed by atoms with van der Waals surface area (Å²) in [6.07, 6.45) is 0.581. The molecule has 0 aromatic heterocycles. The van der Waals surface area contributed by atoms with Gasteiger partial charge in [-0.25, -0.2) is 36.0 Å². The van der Waals surface area contributed by atoms with Gasteiger partial charge in [-0.05, 0) is 239 Å². The molecule has 0 spiro atoms. The third-order valence-corrected chi connectivity index (χ3v) is 22.0. The number of nitrogen functional groups attached to an aromatic ring is 2. The molecule has 0 unspecified atom stereocenters. The first-order valence-electron chi connectivity index (χ1n) is 40.7. The minimum absolute atomic E-state index is 0.0196. The molecule has 0 saturated carbocycles. The molecule has 9 rings (SSSR count). The van der Waals surface area contributed by atoms with E-state index in [-0.39, 0.29) is 36.0 Å². The number of anilines is 4. The predicted octanol–water partition coefficient (Wildman–Crippen LogP) is 20.8. The van der Waals surface area contributed by atoms with Crippen LogP contribution in [0.4, 0.5) is 22.7 Å². The Labute approximate surface area is 740 Å². The van der Waals surface area contributed by atoms with Crippen LogP contribution < -0.4 is 35.1 Å². The third kappa shape index (κ3) is 26.2. The molecule has 0 bridgehead atoms. The number of fused-ring (bicyclic) bond motifs is 1. The average Bonchev–Trinajstić information content (AvgIpc) is 0.783. The molecule has 0 amide bonds. The van der Waals surface area contributed by atoms with Crippen molar-refractivity contribution >= 4 is 66.7 Å². The van der Waals surface area contributed by atoms with Crippen molar-refractivity contribution in [3.05, 3.63) is 235 Å². The molecular weight excluding hydrogens is 1630 g/mol. The van der Waals surface area contributed by atoms with Gasteiger partial charge >= 0.3 is 23.9 Å². The van der Waals surface area contributed by atoms with Gasteiger partial charge in [-0.1, -0.05) is 151 Å². The zero-order chi connectivity index (χ0) is 94.3. The summed E-state index contributed by atoms with van der Waals surface area (Å²) in [6, 6.07) is 31.7. The molecule has 0 aliphatic carbocycles. The van der Waals surface area contributed by atoms with Gasteiger partial charge in [-0.2, -0.15) is 0 Å². The summed E-state index contributed by atoms with van der Waals surface area (Å²) in [5.74, 6) is -0.808. The van der Waals surface area contributed by atoms with Crippen LogP contribution in [0.1, 0.15) is 197 Å². The Morgan fingerprint density at radius 1 is 0.456 bits per heavy atom. The van der Waals surface area contributed by atoms with Crippen LogP contribution in [0, 0.1) is 83.1 Å². The van der Waals surface area contributed by atoms with Gasteiger partial charge in [-0.3, -0.25) is 9.44 Å². The highest BCUT2D eigenvalue weighted by molar-refractivity contribution is 7.95. The number of nitrogens with one attached hydrogen (secondary N) is 2. The summed E-state index contributed by atoms with van der Waals surface area (Å²) < 4.78 is 118. The highest BCUT2D eigenvalue weighted by Crippen LogP contribution is 2.52. The summed E-state index contributed by atoms with van der Waals surface area (Å²) in [6.45, 7) is 56.3. The number of benzene rings is 8. The Balaban J connectivity index is 0.000000259. The second kappa shape index (κ2) is 42.6. The van der Waals surface area contributed by atoms with Gasteiger partial charge < -0.3 is 68.7 Å². The van der Waals surface area contributed by atoms with E-state index in [0.717, 1.165) is 83.1 Å². The Morgan fingerprint density at radius 3 is 1.07 bits per heavy atom. The highest BCUT2D eigenvalue weighted by atomic mass is 32.2. The van der Waals surface area contributed by atoms with Crippen molar-refractivity contribution in [2.45, 2.75) is 213 Å². The van der Waals surface area contributed by atoms with E-state index < -0.39 is 90.7 Å². The van der Waals surface area contributed by atoms with Crippen LogP contribution >= 0.6 is 0 Å². The quantitative estimate of drug-likeness (QED) is 0.0117. The molecule has 0 saturated heterocycles. The SMILES string of the molecule is C=CCOc1c(C)c(-c2ccc(C)cc2)c([C@H](OC(C)(C)C)C(=O)OC)c(C)c1N.C=CCOc1c(C)c(-c2ccc(C)cc2)c([C@H](OC(C)(C)C)C(=O)OC)c(C)c1NS(=O)(=O)C=C.COC(=O)[C@@H](OC(C)(C)C)c1c(C)c(N)c(O)c(C)c1-c1ccc(C)cc1.COC(=O)[C@@H](OC(C)(C)C)c1c(C)c2c(c(C)c1-c1ccc(C)cc1)OC/C=C\S(=O)(=O)N2. The van der Waals surface area contributed by atoms with Crippen molar-refractivity contribution in [1.82, 2.24) is 0 Å². The molecule has 676 valence electrons. The van der Waals surface area contributed by atoms with Gasteiger partial charge in [0, 0.05) is 49.9 Å². The lowest BCUT2D eigenvalue weighted by Crippen LogP contribution is -2.29. The van der Waals surface area contributed by atoms with Crippen LogP contribution in [0.2, 0.25) is 0 Å². The number of sulfonamides is 2. The number of rotatable bonds is 25. The largest absolute Gasteiger partial charge is 0.505 e. The van der Waals surface area contributed by atoms with E-state index in [1.165, 1.54) is 34.5 Å². The van der Waals surface area contributed by atoms with Crippen molar-refractivity contribution < 1.29 is 93.2 Å². The normalized spacial score (nSPS) is 13.7. The lowest BCUT2D eigenvalue weighted by Gasteiger charge is -2.31. The van der Waals surface area contributed by atoms with E-state index in [1.807, 2.05) is 236 Å². The first-order chi connectivity index (χ1) is 58.1. The molecule has 7 N–H and O–H groups in total. The van der Waals surface area contributed by atoms with Gasteiger partial charge in [0.15, 0.2) is 24.4 Å². The topological polar surface area (TPSA) is 334 Å². The summed E-state index contributed by atoms with van der Waals surface area (Å²) in [5.41, 5.74) is 29.7. The second-order valence-electron chi connectivity index (χ2n) is 34.4. The first kappa shape index (κ1) is 103. The van der Waals surface area contributed by atoms with Crippen molar-refractivity contribution in [1.29, 1.82) is 0 Å². The van der Waals surface area contributed by atoms with Crippen LogP contribution in [-0.2, 0) is 77.1 Å². The number of hydrogen-bond acceptors (Lipinski definition) is 22. The van der Waals surface area contributed by atoms with Crippen LogP contribution in [0.15, 0.2) is 146 Å². The van der Waals surface area contributed by atoms with Crippen molar-refractivity contribution in [3.8, 4) is 67.5 Å². The fourth-order valence-corrected chi connectivity index (χ4v) is 15.7. The maximum atomic E-state index is 13.1. The van der Waals surface area contributed by atoms with E-state index in [1.54, 1.807) is 39.8 Å². The molecule has 4 atom stereocenters. The molecule has 8 aromatic rings. The third-order valence-electron chi connectivity index (χ3n) is 20.0. The average molecular weight is 1760 g/mol. The number of aromatic hydroxyl groups is 1. The standard InChI is InChI=1S/C27H35NO6S.C25H31NO6S.C25H33NO4.C22H29NO4/c1-10-16-33-24-19(5)21(20-14-12-17(3)13-15-20)22(18(4)23(24)28-35(30,31)11-2)25(26(29)32-9)34-27(6,7)8;1-15-9-11-18(12-10-15)19-17(3)22-21(26-33(28,29)14-8-13-31-22)16(2)20(19)23(24(27)30-7)32-25(4,5)6;1-9-14-29-22-17(4)19(18-12-10-15(2)11-13-18)20(16(3)21(22)26)23(24(27)28-8)30-25(5,6)7;1-12-8-10-15(11-9-12)16-14(3)19(24)18(23)13(2)17(16)20(21(25)26-7)27-22(4,5)6/h10-15,25,28H,1-2,16H2,3-9H3;8-12,14,23,26H,13H2,1-7H3;9-13,23H,1,14,26H2,2-8H3;8-11,20,24H,23H2,1-7H3/b;14-8-;;/t25-;2*23-;20-/m0000/s1. The maximum absolute atomic E-state index is 13.1. The number of esters is 4. The molecule has 125 heavy (non-hydrogen) atoms. The summed E-state index contributed by atoms with van der Waals surface area (Å²) in [5, 5.41) is 12.4. The number of carbonyl (C=O) groups is 4. The molecular formula is C99H128N4O20S2. The molecule has 26 heteroatoms. The van der Waals surface area contributed by atoms with E-state index in [9.17, 15) is 41.1 Å². The molecule has 0 radical (unpaired) electrons. The Hall–Kier alpha value is -11.3. The highest BCUT2D eigenvalue weighted by Gasteiger charge is 2.41. The fraction of sp³-hybridized carbons (Fsp3) is 0.394. The molecule has 0 fully saturated rings. The van der Waals surface area contributed by atoms with Crippen LogP contribution in [0.3, 0.4) is 0 Å². The summed E-state index contributed by atoms with van der Waals surface area (Å²) in [4.78, 5) is 51.5.